The monoisotopic (exact) mass is 467 g/mol. The first-order valence-electron chi connectivity index (χ1n) is 9.95. The maximum absolute atomic E-state index is 12.6. The molecule has 0 fully saturated rings. The van der Waals surface area contributed by atoms with Gasteiger partial charge in [0.05, 0.1) is 18.1 Å². The van der Waals surface area contributed by atoms with E-state index in [0.717, 1.165) is 31.4 Å². The van der Waals surface area contributed by atoms with Crippen molar-refractivity contribution in [2.24, 2.45) is 0 Å². The molecule has 2 N–H and O–H groups in total. The summed E-state index contributed by atoms with van der Waals surface area (Å²) in [5.74, 6) is -0.719. The number of hydrogen-bond donors (Lipinski definition) is 2. The van der Waals surface area contributed by atoms with Gasteiger partial charge in [0.1, 0.15) is 5.75 Å². The number of carbonyl (C=O) groups excluding carboxylic acids is 1. The lowest BCUT2D eigenvalue weighted by molar-refractivity contribution is -0.274. The number of fused-ring (bicyclic) bond motifs is 2. The van der Waals surface area contributed by atoms with Gasteiger partial charge in [-0.25, -0.2) is 0 Å². The van der Waals surface area contributed by atoms with E-state index in [1.807, 2.05) is 24.3 Å². The summed E-state index contributed by atoms with van der Waals surface area (Å²) in [7, 11) is 0. The van der Waals surface area contributed by atoms with Crippen molar-refractivity contribution in [1.29, 1.82) is 0 Å². The van der Waals surface area contributed by atoms with Crippen LogP contribution in [0.25, 0.3) is 31.4 Å². The number of aromatic nitrogens is 2. The van der Waals surface area contributed by atoms with E-state index in [1.165, 1.54) is 18.2 Å². The van der Waals surface area contributed by atoms with Gasteiger partial charge in [-0.3, -0.25) is 9.89 Å². The molecule has 0 aliphatic rings. The molecule has 5 rings (SSSR count). The van der Waals surface area contributed by atoms with Crippen LogP contribution in [0.15, 0.2) is 72.9 Å². The third-order valence-corrected chi connectivity index (χ3v) is 6.17. The minimum atomic E-state index is -4.79. The Morgan fingerprint density at radius 2 is 1.88 bits per heavy atom. The average Bonchev–Trinajstić information content (AvgIpc) is 3.39. The molecule has 5 nitrogen and oxygen atoms in total. The Kier molecular flexibility index (Phi) is 5.26. The summed E-state index contributed by atoms with van der Waals surface area (Å²) >= 11 is 1.64. The smallest absolute Gasteiger partial charge is 0.406 e. The molecule has 0 spiro atoms. The molecule has 9 heteroatoms. The third-order valence-electron chi connectivity index (χ3n) is 5.02. The normalized spacial score (nSPS) is 11.7. The second kappa shape index (κ2) is 8.25. The van der Waals surface area contributed by atoms with Gasteiger partial charge in [0.2, 0.25) is 5.91 Å². The van der Waals surface area contributed by atoms with Crippen molar-refractivity contribution in [3.63, 3.8) is 0 Å². The van der Waals surface area contributed by atoms with Crippen molar-refractivity contribution >= 4 is 43.9 Å². The number of anilines is 1. The predicted molar refractivity (Wildman–Crippen MR) is 122 cm³/mol. The fourth-order valence-electron chi connectivity index (χ4n) is 3.68. The van der Waals surface area contributed by atoms with Crippen molar-refractivity contribution in [3.05, 3.63) is 78.5 Å². The van der Waals surface area contributed by atoms with Gasteiger partial charge in [0, 0.05) is 26.2 Å². The zero-order valence-electron chi connectivity index (χ0n) is 16.9. The molecule has 166 valence electrons. The largest absolute Gasteiger partial charge is 0.573 e. The molecule has 2 aromatic heterocycles. The Labute approximate surface area is 189 Å². The molecule has 0 atom stereocenters. The molecule has 0 saturated heterocycles. The Bertz CT molecular complexity index is 1440. The Morgan fingerprint density at radius 1 is 1.03 bits per heavy atom. The minimum absolute atomic E-state index is 0.100. The first-order chi connectivity index (χ1) is 15.8. The number of thiophene rings is 1. The summed E-state index contributed by atoms with van der Waals surface area (Å²) in [5.41, 5.74) is 2.74. The van der Waals surface area contributed by atoms with E-state index >= 15 is 0 Å². The van der Waals surface area contributed by atoms with Crippen molar-refractivity contribution in [1.82, 2.24) is 10.2 Å². The molecule has 0 aliphatic heterocycles. The maximum atomic E-state index is 12.6. The Morgan fingerprint density at radius 3 is 2.70 bits per heavy atom. The lowest BCUT2D eigenvalue weighted by Crippen LogP contribution is -2.18. The van der Waals surface area contributed by atoms with Crippen LogP contribution in [0.1, 0.15) is 5.56 Å². The van der Waals surface area contributed by atoms with Crippen molar-refractivity contribution in [2.75, 3.05) is 5.32 Å². The fourth-order valence-corrected chi connectivity index (χ4v) is 4.77. The molecule has 1 amide bonds. The van der Waals surface area contributed by atoms with E-state index < -0.39 is 6.36 Å². The number of nitrogens with zero attached hydrogens (tertiary/aromatic N) is 1. The summed E-state index contributed by atoms with van der Waals surface area (Å²) in [5, 5.41) is 11.9. The van der Waals surface area contributed by atoms with Crippen LogP contribution in [0, 0.1) is 0 Å². The highest BCUT2D eigenvalue weighted by atomic mass is 32.1. The summed E-state index contributed by atoms with van der Waals surface area (Å²) < 4.78 is 42.5. The number of amides is 1. The van der Waals surface area contributed by atoms with Gasteiger partial charge in [-0.2, -0.15) is 5.10 Å². The lowest BCUT2D eigenvalue weighted by Gasteiger charge is -2.11. The molecule has 5 aromatic rings. The number of H-pyrrole nitrogens is 1. The van der Waals surface area contributed by atoms with Gasteiger partial charge in [0.15, 0.2) is 0 Å². The number of ether oxygens (including phenoxy) is 1. The van der Waals surface area contributed by atoms with Gasteiger partial charge >= 0.3 is 6.36 Å². The first-order valence-corrected chi connectivity index (χ1v) is 10.8. The highest BCUT2D eigenvalue weighted by Crippen LogP contribution is 2.38. The summed E-state index contributed by atoms with van der Waals surface area (Å²) in [6.45, 7) is 0. The second-order valence-electron chi connectivity index (χ2n) is 7.43. The Hall–Kier alpha value is -3.85. The zero-order valence-corrected chi connectivity index (χ0v) is 17.8. The molecule has 0 unspecified atom stereocenters. The number of nitrogens with one attached hydrogen (secondary N) is 2. The first kappa shape index (κ1) is 21.0. The summed E-state index contributed by atoms with van der Waals surface area (Å²) in [6.07, 6.45) is -3.21. The number of alkyl halides is 3. The zero-order chi connectivity index (χ0) is 23.0. The number of carbonyl (C=O) groups is 1. The van der Waals surface area contributed by atoms with E-state index in [1.54, 1.807) is 29.7 Å². The molecule has 0 radical (unpaired) electrons. The second-order valence-corrected chi connectivity index (χ2v) is 8.51. The van der Waals surface area contributed by atoms with Crippen molar-refractivity contribution in [2.45, 2.75) is 12.8 Å². The van der Waals surface area contributed by atoms with E-state index in [4.69, 9.17) is 0 Å². The van der Waals surface area contributed by atoms with E-state index in [0.29, 0.717) is 11.3 Å². The molecular weight excluding hydrogens is 451 g/mol. The van der Waals surface area contributed by atoms with E-state index in [-0.39, 0.29) is 18.1 Å². The van der Waals surface area contributed by atoms with Crippen LogP contribution in [0.2, 0.25) is 0 Å². The van der Waals surface area contributed by atoms with Crippen molar-refractivity contribution in [3.8, 4) is 16.2 Å². The Balaban J connectivity index is 1.40. The van der Waals surface area contributed by atoms with Crippen LogP contribution >= 0.6 is 11.3 Å². The lowest BCUT2D eigenvalue weighted by atomic mass is 10.1. The highest BCUT2D eigenvalue weighted by Gasteiger charge is 2.31. The van der Waals surface area contributed by atoms with Crippen LogP contribution in [-0.2, 0) is 11.2 Å². The molecule has 0 saturated carbocycles. The van der Waals surface area contributed by atoms with E-state index in [2.05, 4.69) is 32.4 Å². The molecular formula is C24H16F3N3O2S. The van der Waals surface area contributed by atoms with Gasteiger partial charge < -0.3 is 10.1 Å². The quantitative estimate of drug-likeness (QED) is 0.309. The maximum Gasteiger partial charge on any atom is 0.573 e. The molecule has 0 aliphatic carbocycles. The number of halogens is 3. The minimum Gasteiger partial charge on any atom is -0.406 e. The van der Waals surface area contributed by atoms with Crippen LogP contribution in [0.3, 0.4) is 0 Å². The van der Waals surface area contributed by atoms with Crippen LogP contribution in [-0.4, -0.2) is 22.5 Å². The van der Waals surface area contributed by atoms with Gasteiger partial charge in [-0.1, -0.05) is 30.3 Å². The van der Waals surface area contributed by atoms with Crippen molar-refractivity contribution < 1.29 is 22.7 Å². The fraction of sp³-hybridized carbons (Fsp3) is 0.0833. The number of aromatic amines is 1. The molecule has 2 heterocycles. The van der Waals surface area contributed by atoms with Gasteiger partial charge in [-0.15, -0.1) is 24.5 Å². The van der Waals surface area contributed by atoms with Crippen LogP contribution in [0.4, 0.5) is 18.9 Å². The number of benzene rings is 3. The van der Waals surface area contributed by atoms with Crippen LogP contribution in [0.5, 0.6) is 5.75 Å². The predicted octanol–water partition coefficient (Wildman–Crippen LogP) is 6.52. The topological polar surface area (TPSA) is 67.0 Å². The summed E-state index contributed by atoms with van der Waals surface area (Å²) in [6, 6.07) is 19.2. The molecule has 3 aromatic carbocycles. The van der Waals surface area contributed by atoms with Crippen LogP contribution < -0.4 is 10.1 Å². The standard InChI is InChI=1S/C24H16F3N3O2S/c25-24(26,27)32-18-6-3-4-14(8-18)9-22(31)29-17-10-16-13-28-30-23(16)19(12-17)21-11-15-5-1-2-7-20(15)33-21/h1-8,10-13H,9H2,(H,28,30)(H,29,31). The average molecular weight is 467 g/mol. The highest BCUT2D eigenvalue weighted by molar-refractivity contribution is 7.22. The van der Waals surface area contributed by atoms with Gasteiger partial charge in [0.25, 0.3) is 0 Å². The third kappa shape index (κ3) is 4.68. The number of hydrogen-bond acceptors (Lipinski definition) is 4. The summed E-state index contributed by atoms with van der Waals surface area (Å²) in [4.78, 5) is 13.7. The number of rotatable bonds is 5. The SMILES string of the molecule is O=C(Cc1cccc(OC(F)(F)F)c1)Nc1cc(-c2cc3ccccc3s2)c2[nH]ncc2c1. The molecule has 0 bridgehead atoms. The molecule has 33 heavy (non-hydrogen) atoms. The van der Waals surface area contributed by atoms with E-state index in [9.17, 15) is 18.0 Å². The van der Waals surface area contributed by atoms with Gasteiger partial charge in [-0.05, 0) is 47.3 Å².